The summed E-state index contributed by atoms with van der Waals surface area (Å²) in [5.41, 5.74) is 2.28. The van der Waals surface area contributed by atoms with Crippen molar-refractivity contribution in [3.8, 4) is 5.69 Å². The molecular weight excluding hydrogens is 400 g/mol. The van der Waals surface area contributed by atoms with Crippen LogP contribution < -0.4 is 5.69 Å². The zero-order valence-electron chi connectivity index (χ0n) is 17.4. The highest BCUT2D eigenvalue weighted by Crippen LogP contribution is 2.31. The van der Waals surface area contributed by atoms with Crippen LogP contribution in [0.25, 0.3) is 5.69 Å². The standard InChI is InChI=1S/C22H26N4O3S/c1-16-11-12-20(17(2)14-16)30(28,29)25-13-7-8-18(15-25)21-23-24(3)22(27)26(21)19-9-5-4-6-10-19/h4-6,9-12,14,18H,7-8,13,15H2,1-3H3. The first-order valence-corrected chi connectivity index (χ1v) is 11.5. The fraction of sp³-hybridized carbons (Fsp3) is 0.364. The van der Waals surface area contributed by atoms with E-state index in [1.54, 1.807) is 17.7 Å². The Labute approximate surface area is 176 Å². The minimum absolute atomic E-state index is 0.159. The van der Waals surface area contributed by atoms with Crippen molar-refractivity contribution in [3.05, 3.63) is 76.0 Å². The molecule has 7 nitrogen and oxygen atoms in total. The normalized spacial score (nSPS) is 17.9. The van der Waals surface area contributed by atoms with Gasteiger partial charge in [-0.1, -0.05) is 35.9 Å². The van der Waals surface area contributed by atoms with Gasteiger partial charge in [-0.25, -0.2) is 22.5 Å². The molecule has 2 heterocycles. The highest BCUT2D eigenvalue weighted by Gasteiger charge is 2.34. The van der Waals surface area contributed by atoms with Crippen LogP contribution in [0.5, 0.6) is 0 Å². The van der Waals surface area contributed by atoms with Gasteiger partial charge < -0.3 is 0 Å². The first-order valence-electron chi connectivity index (χ1n) is 10.1. The number of hydrogen-bond donors (Lipinski definition) is 0. The van der Waals surface area contributed by atoms with Crippen molar-refractivity contribution in [1.82, 2.24) is 18.7 Å². The second kappa shape index (κ2) is 7.85. The zero-order chi connectivity index (χ0) is 21.5. The summed E-state index contributed by atoms with van der Waals surface area (Å²) in [6, 6.07) is 14.8. The molecule has 0 N–H and O–H groups in total. The fourth-order valence-electron chi connectivity index (χ4n) is 4.17. The van der Waals surface area contributed by atoms with Gasteiger partial charge in [-0.2, -0.15) is 9.40 Å². The smallest absolute Gasteiger partial charge is 0.247 e. The van der Waals surface area contributed by atoms with Crippen LogP contribution in [0.4, 0.5) is 0 Å². The van der Waals surface area contributed by atoms with Crippen molar-refractivity contribution in [2.24, 2.45) is 7.05 Å². The van der Waals surface area contributed by atoms with E-state index in [1.807, 2.05) is 56.3 Å². The highest BCUT2D eigenvalue weighted by atomic mass is 32.2. The Bertz CT molecular complexity index is 1230. The molecule has 1 atom stereocenters. The average Bonchev–Trinajstić information content (AvgIpc) is 3.03. The number of para-hydroxylation sites is 1. The molecule has 158 valence electrons. The molecule has 1 aliphatic rings. The van der Waals surface area contributed by atoms with E-state index in [0.717, 1.165) is 23.2 Å². The van der Waals surface area contributed by atoms with Crippen LogP contribution >= 0.6 is 0 Å². The summed E-state index contributed by atoms with van der Waals surface area (Å²) in [5.74, 6) is 0.447. The van der Waals surface area contributed by atoms with E-state index in [0.29, 0.717) is 30.2 Å². The molecule has 3 aromatic rings. The van der Waals surface area contributed by atoms with E-state index in [4.69, 9.17) is 0 Å². The SMILES string of the molecule is Cc1ccc(S(=O)(=O)N2CCCC(c3nn(C)c(=O)n3-c3ccccc3)C2)c(C)c1. The molecule has 4 rings (SSSR count). The summed E-state index contributed by atoms with van der Waals surface area (Å²) in [4.78, 5) is 13.1. The van der Waals surface area contributed by atoms with Crippen molar-refractivity contribution >= 4 is 10.0 Å². The third-order valence-electron chi connectivity index (χ3n) is 5.66. The largest absolute Gasteiger partial charge is 0.350 e. The molecular formula is C22H26N4O3S. The Morgan fingerprint density at radius 1 is 1.07 bits per heavy atom. The first-order chi connectivity index (χ1) is 14.3. The van der Waals surface area contributed by atoms with Gasteiger partial charge in [0.2, 0.25) is 10.0 Å². The Hall–Kier alpha value is -2.71. The van der Waals surface area contributed by atoms with Crippen LogP contribution in [0.2, 0.25) is 0 Å². The lowest BCUT2D eigenvalue weighted by Crippen LogP contribution is -2.40. The van der Waals surface area contributed by atoms with Gasteiger partial charge in [-0.3, -0.25) is 0 Å². The molecule has 8 heteroatoms. The Balaban J connectivity index is 1.71. The van der Waals surface area contributed by atoms with Crippen LogP contribution in [0.15, 0.2) is 58.2 Å². The molecule has 0 amide bonds. The number of benzene rings is 2. The minimum Gasteiger partial charge on any atom is -0.247 e. The predicted octanol–water partition coefficient (Wildman–Crippen LogP) is 2.76. The lowest BCUT2D eigenvalue weighted by Gasteiger charge is -2.32. The van der Waals surface area contributed by atoms with Gasteiger partial charge in [0.25, 0.3) is 0 Å². The van der Waals surface area contributed by atoms with Gasteiger partial charge in [0.15, 0.2) is 0 Å². The van der Waals surface area contributed by atoms with Gasteiger partial charge in [0, 0.05) is 26.1 Å². The van der Waals surface area contributed by atoms with E-state index in [1.165, 1.54) is 8.99 Å². The summed E-state index contributed by atoms with van der Waals surface area (Å²) in [6.45, 7) is 4.55. The molecule has 1 saturated heterocycles. The van der Waals surface area contributed by atoms with Crippen molar-refractivity contribution in [2.45, 2.75) is 37.5 Å². The molecule has 1 aromatic heterocycles. The van der Waals surface area contributed by atoms with Crippen molar-refractivity contribution < 1.29 is 8.42 Å². The first kappa shape index (κ1) is 20.6. The minimum atomic E-state index is -3.62. The maximum atomic E-state index is 13.4. The lowest BCUT2D eigenvalue weighted by molar-refractivity contribution is 0.306. The van der Waals surface area contributed by atoms with Gasteiger partial charge in [0.05, 0.1) is 10.6 Å². The summed E-state index contributed by atoms with van der Waals surface area (Å²) in [7, 11) is -2.00. The Morgan fingerprint density at radius 3 is 2.50 bits per heavy atom. The molecule has 0 spiro atoms. The van der Waals surface area contributed by atoms with E-state index in [9.17, 15) is 13.2 Å². The number of sulfonamides is 1. The topological polar surface area (TPSA) is 77.2 Å². The number of piperidine rings is 1. The number of nitrogens with zero attached hydrogens (tertiary/aromatic N) is 4. The molecule has 30 heavy (non-hydrogen) atoms. The molecule has 0 saturated carbocycles. The molecule has 0 radical (unpaired) electrons. The second-order valence-electron chi connectivity index (χ2n) is 7.91. The van der Waals surface area contributed by atoms with Crippen LogP contribution in [0.1, 0.15) is 35.7 Å². The van der Waals surface area contributed by atoms with Gasteiger partial charge >= 0.3 is 5.69 Å². The van der Waals surface area contributed by atoms with Gasteiger partial charge in [0.1, 0.15) is 5.82 Å². The Morgan fingerprint density at radius 2 is 1.80 bits per heavy atom. The maximum Gasteiger partial charge on any atom is 0.350 e. The highest BCUT2D eigenvalue weighted by molar-refractivity contribution is 7.89. The summed E-state index contributed by atoms with van der Waals surface area (Å²) in [5, 5.41) is 4.47. The van der Waals surface area contributed by atoms with Crippen molar-refractivity contribution in [1.29, 1.82) is 0 Å². The number of aryl methyl sites for hydroxylation is 3. The molecule has 0 aliphatic carbocycles. The molecule has 1 unspecified atom stereocenters. The molecule has 2 aromatic carbocycles. The monoisotopic (exact) mass is 426 g/mol. The molecule has 1 fully saturated rings. The van der Waals surface area contributed by atoms with E-state index in [-0.39, 0.29) is 11.6 Å². The number of rotatable bonds is 4. The molecule has 0 bridgehead atoms. The third kappa shape index (κ3) is 3.61. The summed E-state index contributed by atoms with van der Waals surface area (Å²) < 4.78 is 31.2. The van der Waals surface area contributed by atoms with Crippen molar-refractivity contribution in [2.75, 3.05) is 13.1 Å². The fourth-order valence-corrected chi connectivity index (χ4v) is 5.90. The van der Waals surface area contributed by atoms with Crippen LogP contribution in [-0.4, -0.2) is 40.2 Å². The van der Waals surface area contributed by atoms with Gasteiger partial charge in [-0.05, 0) is 50.5 Å². The Kier molecular flexibility index (Phi) is 5.38. The predicted molar refractivity (Wildman–Crippen MR) is 115 cm³/mol. The van der Waals surface area contributed by atoms with Crippen LogP contribution in [-0.2, 0) is 17.1 Å². The quantitative estimate of drug-likeness (QED) is 0.643. The number of aromatic nitrogens is 3. The van der Waals surface area contributed by atoms with Crippen LogP contribution in [0, 0.1) is 13.8 Å². The zero-order valence-corrected chi connectivity index (χ0v) is 18.3. The summed E-state index contributed by atoms with van der Waals surface area (Å²) in [6.07, 6.45) is 1.50. The summed E-state index contributed by atoms with van der Waals surface area (Å²) >= 11 is 0. The lowest BCUT2D eigenvalue weighted by atomic mass is 9.98. The number of hydrogen-bond acceptors (Lipinski definition) is 4. The molecule has 1 aliphatic heterocycles. The van der Waals surface area contributed by atoms with Gasteiger partial charge in [-0.15, -0.1) is 0 Å². The van der Waals surface area contributed by atoms with E-state index in [2.05, 4.69) is 5.10 Å². The van der Waals surface area contributed by atoms with Crippen LogP contribution in [0.3, 0.4) is 0 Å². The van der Waals surface area contributed by atoms with E-state index >= 15 is 0 Å². The van der Waals surface area contributed by atoms with Crippen molar-refractivity contribution in [3.63, 3.8) is 0 Å². The second-order valence-corrected chi connectivity index (χ2v) is 9.81. The maximum absolute atomic E-state index is 13.4. The van der Waals surface area contributed by atoms with E-state index < -0.39 is 10.0 Å². The average molecular weight is 427 g/mol. The third-order valence-corrected chi connectivity index (χ3v) is 7.69.